The van der Waals surface area contributed by atoms with Crippen molar-refractivity contribution in [2.24, 2.45) is 4.99 Å². The summed E-state index contributed by atoms with van der Waals surface area (Å²) in [6.07, 6.45) is -3.27. The minimum Gasteiger partial charge on any atom is -0.355 e. The lowest BCUT2D eigenvalue weighted by Crippen LogP contribution is -2.57. The molecule has 0 saturated carbocycles. The van der Waals surface area contributed by atoms with E-state index in [2.05, 4.69) is 41.4 Å². The molecule has 8 heteroatoms. The second-order valence-electron chi connectivity index (χ2n) is 7.48. The van der Waals surface area contributed by atoms with Gasteiger partial charge in [0.05, 0.1) is 0 Å². The number of hydrogen-bond donors (Lipinski definition) is 1. The van der Waals surface area contributed by atoms with E-state index in [0.717, 1.165) is 12.4 Å². The first-order chi connectivity index (χ1) is 13.2. The molecule has 1 saturated heterocycles. The number of guanidine groups is 1. The van der Waals surface area contributed by atoms with E-state index in [1.54, 1.807) is 7.05 Å². The fourth-order valence-electron chi connectivity index (χ4n) is 3.39. The Morgan fingerprint density at radius 3 is 2.25 bits per heavy atom. The molecule has 0 spiro atoms. The summed E-state index contributed by atoms with van der Waals surface area (Å²) >= 11 is 0. The highest BCUT2D eigenvalue weighted by atomic mass is 19.4. The van der Waals surface area contributed by atoms with Crippen LogP contribution < -0.4 is 5.32 Å². The van der Waals surface area contributed by atoms with Crippen molar-refractivity contribution in [3.63, 3.8) is 0 Å². The monoisotopic (exact) mass is 399 g/mol. The Hall–Kier alpha value is -1.80. The fourth-order valence-corrected chi connectivity index (χ4v) is 3.39. The van der Waals surface area contributed by atoms with Crippen LogP contribution >= 0.6 is 0 Å². The molecule has 1 aromatic rings. The van der Waals surface area contributed by atoms with Crippen LogP contribution in [0.25, 0.3) is 0 Å². The van der Waals surface area contributed by atoms with E-state index in [1.807, 2.05) is 23.1 Å². The van der Waals surface area contributed by atoms with Crippen LogP contribution in [-0.2, 0) is 6.42 Å². The molecule has 1 heterocycles. The zero-order valence-electron chi connectivity index (χ0n) is 17.2. The Kier molecular flexibility index (Phi) is 8.12. The number of rotatable bonds is 6. The molecule has 1 fully saturated rings. The van der Waals surface area contributed by atoms with Crippen molar-refractivity contribution in [3.8, 4) is 0 Å². The number of aliphatic imine (C=N–C) groups is 1. The maximum Gasteiger partial charge on any atom is 0.403 e. The van der Waals surface area contributed by atoms with Gasteiger partial charge in [-0.05, 0) is 33.0 Å². The predicted octanol–water partition coefficient (Wildman–Crippen LogP) is 2.30. The second-order valence-corrected chi connectivity index (χ2v) is 7.48. The molecule has 28 heavy (non-hydrogen) atoms. The van der Waals surface area contributed by atoms with Crippen LogP contribution in [0.15, 0.2) is 35.3 Å². The van der Waals surface area contributed by atoms with E-state index in [9.17, 15) is 13.2 Å². The number of nitrogens with one attached hydrogen (secondary N) is 1. The first kappa shape index (κ1) is 22.5. The van der Waals surface area contributed by atoms with Crippen LogP contribution in [0.3, 0.4) is 0 Å². The Labute approximate surface area is 166 Å². The molecule has 0 radical (unpaired) electrons. The standard InChI is InChI=1S/C20H32F3N5/c1-16(20(21,22)23)27-10-12-28(13-11-27)19(24-2)25-15-18(26(3)4)14-17-8-6-5-7-9-17/h5-9,16,18H,10-15H2,1-4H3,(H,24,25). The number of piperazine rings is 1. The summed E-state index contributed by atoms with van der Waals surface area (Å²) < 4.78 is 38.8. The molecule has 1 aromatic carbocycles. The van der Waals surface area contributed by atoms with Crippen LogP contribution in [0, 0.1) is 0 Å². The van der Waals surface area contributed by atoms with Gasteiger partial charge in [-0.25, -0.2) is 0 Å². The normalized spacial score (nSPS) is 19.0. The highest BCUT2D eigenvalue weighted by molar-refractivity contribution is 5.80. The average molecular weight is 400 g/mol. The SMILES string of the molecule is CN=C(NCC(Cc1ccccc1)N(C)C)N1CCN(C(C)C(F)(F)F)CC1. The van der Waals surface area contributed by atoms with Crippen molar-refractivity contribution in [2.45, 2.75) is 31.6 Å². The van der Waals surface area contributed by atoms with E-state index in [4.69, 9.17) is 0 Å². The molecule has 0 amide bonds. The van der Waals surface area contributed by atoms with Crippen molar-refractivity contribution in [1.29, 1.82) is 0 Å². The molecule has 158 valence electrons. The summed E-state index contributed by atoms with van der Waals surface area (Å²) in [6.45, 7) is 3.77. The molecule has 2 unspecified atom stereocenters. The number of halogens is 3. The van der Waals surface area contributed by atoms with Crippen LogP contribution in [0.2, 0.25) is 0 Å². The van der Waals surface area contributed by atoms with Gasteiger partial charge in [-0.15, -0.1) is 0 Å². The number of alkyl halides is 3. The van der Waals surface area contributed by atoms with Gasteiger partial charge in [0, 0.05) is 45.8 Å². The quantitative estimate of drug-likeness (QED) is 0.588. The molecule has 1 aliphatic heterocycles. The zero-order valence-corrected chi connectivity index (χ0v) is 17.2. The maximum absolute atomic E-state index is 12.9. The van der Waals surface area contributed by atoms with Crippen LogP contribution in [-0.4, -0.2) is 92.8 Å². The number of nitrogens with zero attached hydrogens (tertiary/aromatic N) is 4. The van der Waals surface area contributed by atoms with E-state index < -0.39 is 12.2 Å². The van der Waals surface area contributed by atoms with Gasteiger partial charge in [-0.3, -0.25) is 9.89 Å². The minimum atomic E-state index is -4.18. The van der Waals surface area contributed by atoms with E-state index >= 15 is 0 Å². The Bertz CT molecular complexity index is 610. The van der Waals surface area contributed by atoms with Gasteiger partial charge in [-0.2, -0.15) is 13.2 Å². The topological polar surface area (TPSA) is 34.1 Å². The van der Waals surface area contributed by atoms with Crippen LogP contribution in [0.1, 0.15) is 12.5 Å². The van der Waals surface area contributed by atoms with Gasteiger partial charge in [0.1, 0.15) is 6.04 Å². The number of likely N-dealkylation sites (N-methyl/N-ethyl adjacent to an activating group) is 1. The summed E-state index contributed by atoms with van der Waals surface area (Å²) in [5, 5.41) is 3.41. The van der Waals surface area contributed by atoms with Gasteiger partial charge in [0.2, 0.25) is 0 Å². The lowest BCUT2D eigenvalue weighted by Gasteiger charge is -2.40. The first-order valence-corrected chi connectivity index (χ1v) is 9.69. The summed E-state index contributed by atoms with van der Waals surface area (Å²) in [5.74, 6) is 0.749. The van der Waals surface area contributed by atoms with Gasteiger partial charge < -0.3 is 15.1 Å². The molecule has 0 aromatic heterocycles. The minimum absolute atomic E-state index is 0.283. The Morgan fingerprint density at radius 1 is 1.14 bits per heavy atom. The van der Waals surface area contributed by atoms with E-state index in [0.29, 0.717) is 32.7 Å². The van der Waals surface area contributed by atoms with Crippen molar-refractivity contribution >= 4 is 5.96 Å². The molecule has 1 N–H and O–H groups in total. The summed E-state index contributed by atoms with van der Waals surface area (Å²) in [5.41, 5.74) is 1.27. The van der Waals surface area contributed by atoms with Crippen molar-refractivity contribution in [3.05, 3.63) is 35.9 Å². The molecular formula is C20H32F3N5. The van der Waals surface area contributed by atoms with Crippen molar-refractivity contribution in [1.82, 2.24) is 20.0 Å². The second kappa shape index (κ2) is 10.1. The lowest BCUT2D eigenvalue weighted by molar-refractivity contribution is -0.181. The highest BCUT2D eigenvalue weighted by Gasteiger charge is 2.41. The fraction of sp³-hybridized carbons (Fsp3) is 0.650. The lowest BCUT2D eigenvalue weighted by atomic mass is 10.1. The summed E-state index contributed by atoms with van der Waals surface area (Å²) in [4.78, 5) is 10.0. The third kappa shape index (κ3) is 6.38. The largest absolute Gasteiger partial charge is 0.403 e. The average Bonchev–Trinajstić information content (AvgIpc) is 2.67. The van der Waals surface area contributed by atoms with Crippen molar-refractivity contribution in [2.75, 3.05) is 53.9 Å². The molecule has 2 atom stereocenters. The van der Waals surface area contributed by atoms with Crippen molar-refractivity contribution < 1.29 is 13.2 Å². The summed E-state index contributed by atoms with van der Waals surface area (Å²) in [7, 11) is 5.82. The number of benzene rings is 1. The molecule has 2 rings (SSSR count). The Balaban J connectivity index is 1.88. The van der Waals surface area contributed by atoms with Gasteiger partial charge >= 0.3 is 6.18 Å². The van der Waals surface area contributed by atoms with Gasteiger partial charge in [0.25, 0.3) is 0 Å². The molecule has 1 aliphatic rings. The van der Waals surface area contributed by atoms with E-state index in [1.165, 1.54) is 17.4 Å². The molecule has 0 bridgehead atoms. The molecular weight excluding hydrogens is 367 g/mol. The van der Waals surface area contributed by atoms with Crippen LogP contribution in [0.4, 0.5) is 13.2 Å². The van der Waals surface area contributed by atoms with E-state index in [-0.39, 0.29) is 6.04 Å². The number of hydrogen-bond acceptors (Lipinski definition) is 3. The predicted molar refractivity (Wildman–Crippen MR) is 108 cm³/mol. The Morgan fingerprint density at radius 2 is 1.75 bits per heavy atom. The smallest absolute Gasteiger partial charge is 0.355 e. The van der Waals surface area contributed by atoms with Gasteiger partial charge in [-0.1, -0.05) is 30.3 Å². The zero-order chi connectivity index (χ0) is 20.7. The third-order valence-corrected chi connectivity index (χ3v) is 5.39. The highest BCUT2D eigenvalue weighted by Crippen LogP contribution is 2.25. The first-order valence-electron chi connectivity index (χ1n) is 9.69. The molecule has 0 aliphatic carbocycles. The summed E-state index contributed by atoms with van der Waals surface area (Å²) in [6, 6.07) is 9.19. The maximum atomic E-state index is 12.9. The third-order valence-electron chi connectivity index (χ3n) is 5.39. The van der Waals surface area contributed by atoms with Crippen LogP contribution in [0.5, 0.6) is 0 Å². The van der Waals surface area contributed by atoms with Gasteiger partial charge in [0.15, 0.2) is 5.96 Å². The molecule has 5 nitrogen and oxygen atoms in total.